The van der Waals surface area contributed by atoms with E-state index >= 15 is 0 Å². The van der Waals surface area contributed by atoms with Crippen LogP contribution in [-0.2, 0) is 9.59 Å². The Labute approximate surface area is 148 Å². The Hall–Kier alpha value is -1.73. The number of carbonyl (C=O) groups excluding carboxylic acids is 4. The minimum Gasteiger partial charge on any atom is -0.291 e. The van der Waals surface area contributed by atoms with Gasteiger partial charge in [-0.05, 0) is 30.9 Å². The zero-order valence-corrected chi connectivity index (χ0v) is 14.7. The molecule has 1 saturated carbocycles. The predicted octanol–water partition coefficient (Wildman–Crippen LogP) is 2.95. The molecule has 2 heterocycles. The topological polar surface area (TPSA) is 74.8 Å². The van der Waals surface area contributed by atoms with E-state index in [1.54, 1.807) is 12.1 Å². The summed E-state index contributed by atoms with van der Waals surface area (Å²) in [7, 11) is 0. The van der Waals surface area contributed by atoms with Crippen LogP contribution in [0.1, 0.15) is 42.3 Å². The van der Waals surface area contributed by atoms with Gasteiger partial charge in [0.1, 0.15) is 0 Å². The summed E-state index contributed by atoms with van der Waals surface area (Å²) in [5.41, 5.74) is 0. The van der Waals surface area contributed by atoms with Crippen molar-refractivity contribution in [2.24, 2.45) is 5.92 Å². The number of Topliss-reactive ketones (excluding diaryl/α,β-unsaturated/α-hetero) is 1. The number of hydrogen-bond acceptors (Lipinski definition) is 5. The van der Waals surface area contributed by atoms with Gasteiger partial charge in [0, 0.05) is 6.04 Å². The molecule has 0 spiro atoms. The van der Waals surface area contributed by atoms with E-state index in [4.69, 9.17) is 11.6 Å². The first-order valence-electron chi connectivity index (χ1n) is 7.87. The number of urea groups is 1. The minimum absolute atomic E-state index is 0.159. The van der Waals surface area contributed by atoms with Crippen LogP contribution in [0, 0.1) is 5.92 Å². The van der Waals surface area contributed by atoms with E-state index in [0.29, 0.717) is 15.6 Å². The van der Waals surface area contributed by atoms with Crippen molar-refractivity contribution < 1.29 is 19.2 Å². The van der Waals surface area contributed by atoms with Crippen LogP contribution in [0.3, 0.4) is 0 Å². The van der Waals surface area contributed by atoms with Crippen molar-refractivity contribution in [1.82, 2.24) is 9.80 Å². The fourth-order valence-electron chi connectivity index (χ4n) is 3.32. The molecule has 128 valence electrons. The third-order valence-electron chi connectivity index (χ3n) is 4.63. The largest absolute Gasteiger partial charge is 0.334 e. The summed E-state index contributed by atoms with van der Waals surface area (Å²) in [6.07, 6.45) is 3.60. The molecule has 3 rings (SSSR count). The molecule has 24 heavy (non-hydrogen) atoms. The van der Waals surface area contributed by atoms with Crippen molar-refractivity contribution in [3.8, 4) is 0 Å². The average molecular weight is 369 g/mol. The highest BCUT2D eigenvalue weighted by Crippen LogP contribution is 2.31. The quantitative estimate of drug-likeness (QED) is 0.465. The molecule has 2 atom stereocenters. The van der Waals surface area contributed by atoms with Crippen LogP contribution in [0.15, 0.2) is 12.1 Å². The van der Waals surface area contributed by atoms with Crippen LogP contribution in [-0.4, -0.2) is 46.0 Å². The van der Waals surface area contributed by atoms with Gasteiger partial charge < -0.3 is 0 Å². The summed E-state index contributed by atoms with van der Waals surface area (Å²) in [4.78, 5) is 51.4. The highest BCUT2D eigenvalue weighted by molar-refractivity contribution is 7.18. The second-order valence-electron chi connectivity index (χ2n) is 6.21. The lowest BCUT2D eigenvalue weighted by molar-refractivity contribution is -0.144. The molecular weight excluding hydrogens is 352 g/mol. The maximum absolute atomic E-state index is 12.6. The summed E-state index contributed by atoms with van der Waals surface area (Å²) >= 11 is 6.88. The smallest absolute Gasteiger partial charge is 0.291 e. The molecule has 1 aliphatic carbocycles. The van der Waals surface area contributed by atoms with Crippen molar-refractivity contribution in [2.45, 2.75) is 38.6 Å². The Morgan fingerprint density at radius 2 is 1.92 bits per heavy atom. The molecule has 1 saturated heterocycles. The van der Waals surface area contributed by atoms with Gasteiger partial charge in [0.15, 0.2) is 5.78 Å². The van der Waals surface area contributed by atoms with E-state index in [0.717, 1.165) is 40.4 Å². The van der Waals surface area contributed by atoms with Gasteiger partial charge in [0.05, 0.1) is 15.8 Å². The average Bonchev–Trinajstić information content (AvgIpc) is 3.07. The second-order valence-corrected chi connectivity index (χ2v) is 7.92. The van der Waals surface area contributed by atoms with Gasteiger partial charge in [-0.15, -0.1) is 11.3 Å². The monoisotopic (exact) mass is 368 g/mol. The van der Waals surface area contributed by atoms with E-state index in [2.05, 4.69) is 0 Å². The molecule has 4 amide bonds. The van der Waals surface area contributed by atoms with Crippen LogP contribution in [0.4, 0.5) is 4.79 Å². The third-order valence-corrected chi connectivity index (χ3v) is 5.90. The molecular formula is C16H17ClN2O4S. The summed E-state index contributed by atoms with van der Waals surface area (Å²) in [5, 5.41) is 0. The zero-order chi connectivity index (χ0) is 17.4. The van der Waals surface area contributed by atoms with E-state index in [1.165, 1.54) is 0 Å². The van der Waals surface area contributed by atoms with Crippen LogP contribution in [0.25, 0.3) is 0 Å². The number of halogens is 1. The number of amides is 4. The van der Waals surface area contributed by atoms with Gasteiger partial charge in [-0.25, -0.2) is 9.69 Å². The van der Waals surface area contributed by atoms with Crippen LogP contribution in [0.5, 0.6) is 0 Å². The highest BCUT2D eigenvalue weighted by Gasteiger charge is 2.49. The molecule has 0 bridgehead atoms. The van der Waals surface area contributed by atoms with Gasteiger partial charge in [0.2, 0.25) is 0 Å². The minimum atomic E-state index is -0.922. The second kappa shape index (κ2) is 6.64. The van der Waals surface area contributed by atoms with Gasteiger partial charge in [0.25, 0.3) is 0 Å². The lowest BCUT2D eigenvalue weighted by Gasteiger charge is -2.34. The predicted molar refractivity (Wildman–Crippen MR) is 89.0 cm³/mol. The van der Waals surface area contributed by atoms with Gasteiger partial charge in [-0.1, -0.05) is 31.4 Å². The van der Waals surface area contributed by atoms with Gasteiger partial charge in [-0.2, -0.15) is 0 Å². The number of thiophene rings is 1. The standard InChI is InChI=1S/C16H17ClN2O4S/c1-9-4-2-3-5-10(9)19-15(22)14(21)18(16(19)23)8-11(20)12-6-7-13(17)24-12/h6-7,9-10H,2-5,8H2,1H3/t9-,10+/m1/s1. The van der Waals surface area contributed by atoms with Crippen LogP contribution < -0.4 is 0 Å². The molecule has 1 aliphatic heterocycles. The van der Waals surface area contributed by atoms with E-state index in [9.17, 15) is 19.2 Å². The number of nitrogens with zero attached hydrogens (tertiary/aromatic N) is 2. The molecule has 1 aromatic heterocycles. The van der Waals surface area contributed by atoms with E-state index < -0.39 is 30.2 Å². The van der Waals surface area contributed by atoms with E-state index in [-0.39, 0.29) is 12.0 Å². The molecule has 8 heteroatoms. The Morgan fingerprint density at radius 1 is 1.21 bits per heavy atom. The molecule has 1 aromatic rings. The maximum atomic E-state index is 12.6. The van der Waals surface area contributed by atoms with Crippen molar-refractivity contribution in [2.75, 3.05) is 6.54 Å². The van der Waals surface area contributed by atoms with Gasteiger partial charge in [-0.3, -0.25) is 19.3 Å². The molecule has 0 N–H and O–H groups in total. The molecule has 0 unspecified atom stereocenters. The lowest BCUT2D eigenvalue weighted by atomic mass is 9.85. The molecule has 0 radical (unpaired) electrons. The van der Waals surface area contributed by atoms with Crippen molar-refractivity contribution in [3.05, 3.63) is 21.3 Å². The lowest BCUT2D eigenvalue weighted by Crippen LogP contribution is -2.46. The van der Waals surface area contributed by atoms with Crippen LogP contribution in [0.2, 0.25) is 4.34 Å². The summed E-state index contributed by atoms with van der Waals surface area (Å²) in [6.45, 7) is 1.55. The molecule has 6 nitrogen and oxygen atoms in total. The van der Waals surface area contributed by atoms with Crippen molar-refractivity contribution in [3.63, 3.8) is 0 Å². The fraction of sp³-hybridized carbons (Fsp3) is 0.500. The first kappa shape index (κ1) is 17.1. The third kappa shape index (κ3) is 2.98. The highest BCUT2D eigenvalue weighted by atomic mass is 35.5. The number of hydrogen-bond donors (Lipinski definition) is 0. The first-order chi connectivity index (χ1) is 11.4. The molecule has 2 aliphatic rings. The summed E-state index contributed by atoms with van der Waals surface area (Å²) in [6, 6.07) is 2.18. The SMILES string of the molecule is C[C@@H]1CCCC[C@@H]1N1C(=O)C(=O)N(CC(=O)c2ccc(Cl)s2)C1=O. The Kier molecular flexibility index (Phi) is 4.73. The molecule has 2 fully saturated rings. The number of ketones is 1. The Morgan fingerprint density at radius 3 is 2.54 bits per heavy atom. The zero-order valence-electron chi connectivity index (χ0n) is 13.2. The number of carbonyl (C=O) groups is 4. The Balaban J connectivity index is 1.77. The summed E-state index contributed by atoms with van der Waals surface area (Å²) < 4.78 is 0.450. The number of imide groups is 2. The van der Waals surface area contributed by atoms with Crippen molar-refractivity contribution >= 4 is 46.6 Å². The summed E-state index contributed by atoms with van der Waals surface area (Å²) in [5.74, 6) is -1.99. The molecule has 0 aromatic carbocycles. The fourth-order valence-corrected chi connectivity index (χ4v) is 4.29. The Bertz CT molecular complexity index is 717. The van der Waals surface area contributed by atoms with Crippen molar-refractivity contribution in [1.29, 1.82) is 0 Å². The number of rotatable bonds is 4. The normalized spacial score (nSPS) is 24.8. The maximum Gasteiger partial charge on any atom is 0.334 e. The van der Waals surface area contributed by atoms with Gasteiger partial charge >= 0.3 is 17.8 Å². The van der Waals surface area contributed by atoms with Crippen LogP contribution >= 0.6 is 22.9 Å². The van der Waals surface area contributed by atoms with E-state index in [1.807, 2.05) is 6.92 Å². The first-order valence-corrected chi connectivity index (χ1v) is 9.07.